The molecular formula is C43H50ClN3O6S2. The Bertz CT molecular complexity index is 2230. The molecule has 5 aromatic rings. The minimum Gasteiger partial charge on any atom is -0.372 e. The van der Waals surface area contributed by atoms with Gasteiger partial charge >= 0.3 is 0 Å². The quantitative estimate of drug-likeness (QED) is 0.0743. The van der Waals surface area contributed by atoms with E-state index in [1.165, 1.54) is 24.3 Å². The molecule has 0 saturated heterocycles. The van der Waals surface area contributed by atoms with Crippen molar-refractivity contribution in [2.24, 2.45) is 0 Å². The van der Waals surface area contributed by atoms with Crippen LogP contribution in [0.25, 0.3) is 0 Å². The fourth-order valence-electron chi connectivity index (χ4n) is 7.22. The Labute approximate surface area is 331 Å². The van der Waals surface area contributed by atoms with E-state index < -0.39 is 20.2 Å². The predicted molar refractivity (Wildman–Crippen MR) is 224 cm³/mol. The van der Waals surface area contributed by atoms with Crippen molar-refractivity contribution in [1.82, 2.24) is 0 Å². The summed E-state index contributed by atoms with van der Waals surface area (Å²) in [5.41, 5.74) is 9.84. The van der Waals surface area contributed by atoms with Gasteiger partial charge in [-0.2, -0.15) is 16.8 Å². The van der Waals surface area contributed by atoms with Crippen LogP contribution in [0.1, 0.15) is 72.6 Å². The largest absolute Gasteiger partial charge is 0.372 e. The molecule has 0 radical (unpaired) electrons. The molecule has 0 saturated carbocycles. The fourth-order valence-corrected chi connectivity index (χ4v) is 8.61. The molecule has 0 aromatic heterocycles. The zero-order valence-corrected chi connectivity index (χ0v) is 34.6. The lowest BCUT2D eigenvalue weighted by Crippen LogP contribution is -2.23. The smallest absolute Gasteiger partial charge is 0.294 e. The lowest BCUT2D eigenvalue weighted by molar-refractivity contribution is 0.481. The summed E-state index contributed by atoms with van der Waals surface area (Å²) in [7, 11) is -8.64. The van der Waals surface area contributed by atoms with Gasteiger partial charge in [0, 0.05) is 67.3 Å². The highest BCUT2D eigenvalue weighted by Crippen LogP contribution is 2.42. The number of hydrogen-bond acceptors (Lipinski definition) is 7. The van der Waals surface area contributed by atoms with E-state index in [1.54, 1.807) is 12.1 Å². The van der Waals surface area contributed by atoms with Gasteiger partial charge in [0.2, 0.25) is 0 Å². The highest BCUT2D eigenvalue weighted by atomic mass is 35.5. The predicted octanol–water partition coefficient (Wildman–Crippen LogP) is 9.53. The molecule has 5 rings (SSSR count). The third kappa shape index (κ3) is 9.89. The van der Waals surface area contributed by atoms with Crippen LogP contribution < -0.4 is 14.7 Å². The molecule has 9 nitrogen and oxygen atoms in total. The van der Waals surface area contributed by atoms with Gasteiger partial charge < -0.3 is 14.7 Å². The first-order valence-corrected chi connectivity index (χ1v) is 21.7. The standard InChI is InChI=1S/C43H50ClN3O6S2/c1-7-45(8-2)36-19-22-41(42(44)27-36)43(39-20-17-34(23-30(39)5)46(9-3)28-32-13-11-15-37(25-32)54(48,49)50)40-21-18-35(24-31(40)6)47(10-4)29-33-14-12-16-38(26-33)55(51,52)53/h11-27,43H,7-10,28-29H2,1-6H3,(H,48,49,50)(H,51,52,53). The van der Waals surface area contributed by atoms with Crippen LogP contribution in [0.15, 0.2) is 113 Å². The number of nitrogens with zero attached hydrogens (tertiary/aromatic N) is 3. The third-order valence-corrected chi connectivity index (χ3v) is 12.2. The molecule has 292 valence electrons. The van der Waals surface area contributed by atoms with Crippen LogP contribution in [0, 0.1) is 13.8 Å². The van der Waals surface area contributed by atoms with E-state index in [0.29, 0.717) is 31.2 Å². The Morgan fingerprint density at radius 3 is 1.25 bits per heavy atom. The molecule has 55 heavy (non-hydrogen) atoms. The van der Waals surface area contributed by atoms with E-state index in [2.05, 4.69) is 90.9 Å². The first-order chi connectivity index (χ1) is 26.1. The average Bonchev–Trinajstić information content (AvgIpc) is 3.15. The van der Waals surface area contributed by atoms with E-state index in [9.17, 15) is 25.9 Å². The molecular weight excluding hydrogens is 754 g/mol. The van der Waals surface area contributed by atoms with Crippen LogP contribution in [-0.4, -0.2) is 52.1 Å². The summed E-state index contributed by atoms with van der Waals surface area (Å²) in [6.45, 7) is 16.5. The topological polar surface area (TPSA) is 118 Å². The van der Waals surface area contributed by atoms with Gasteiger partial charge in [-0.15, -0.1) is 0 Å². The second-order valence-corrected chi connectivity index (χ2v) is 16.9. The molecule has 0 aliphatic rings. The Kier molecular flexibility index (Phi) is 13.4. The number of aryl methyl sites for hydroxylation is 2. The van der Waals surface area contributed by atoms with Gasteiger partial charge in [-0.3, -0.25) is 9.11 Å². The van der Waals surface area contributed by atoms with E-state index in [4.69, 9.17) is 11.6 Å². The molecule has 12 heteroatoms. The minimum atomic E-state index is -4.32. The summed E-state index contributed by atoms with van der Waals surface area (Å²) >= 11 is 7.20. The molecule has 0 heterocycles. The maximum Gasteiger partial charge on any atom is 0.294 e. The van der Waals surface area contributed by atoms with Crippen molar-refractivity contribution >= 4 is 48.9 Å². The van der Waals surface area contributed by atoms with Gasteiger partial charge in [0.25, 0.3) is 20.2 Å². The van der Waals surface area contributed by atoms with Gasteiger partial charge in [-0.1, -0.05) is 54.1 Å². The summed E-state index contributed by atoms with van der Waals surface area (Å²) < 4.78 is 66.4. The molecule has 2 N–H and O–H groups in total. The van der Waals surface area contributed by atoms with Crippen molar-refractivity contribution in [3.8, 4) is 0 Å². The van der Waals surface area contributed by atoms with Gasteiger partial charge in [0.1, 0.15) is 0 Å². The molecule has 0 amide bonds. The maximum atomic E-state index is 11.8. The SMILES string of the molecule is CCN(CC)c1ccc(C(c2ccc(N(CC)Cc3cccc(S(=O)(=O)O)c3)cc2C)c2ccc(N(CC)Cc3cccc(S(=O)(=O)O)c3)cc2C)c(Cl)c1. The van der Waals surface area contributed by atoms with Crippen molar-refractivity contribution in [3.05, 3.63) is 147 Å². The highest BCUT2D eigenvalue weighted by Gasteiger charge is 2.25. The molecule has 0 spiro atoms. The number of halogens is 1. The lowest BCUT2D eigenvalue weighted by Gasteiger charge is -2.29. The van der Waals surface area contributed by atoms with Gasteiger partial charge in [0.05, 0.1) is 9.79 Å². The van der Waals surface area contributed by atoms with E-state index in [-0.39, 0.29) is 15.7 Å². The van der Waals surface area contributed by atoms with Crippen molar-refractivity contribution in [3.63, 3.8) is 0 Å². The zero-order chi connectivity index (χ0) is 40.1. The van der Waals surface area contributed by atoms with Gasteiger partial charge in [0.15, 0.2) is 0 Å². The molecule has 0 atom stereocenters. The molecule has 0 aliphatic carbocycles. The first-order valence-electron chi connectivity index (χ1n) is 18.5. The van der Waals surface area contributed by atoms with Crippen LogP contribution >= 0.6 is 11.6 Å². The van der Waals surface area contributed by atoms with E-state index in [0.717, 1.165) is 69.1 Å². The monoisotopic (exact) mass is 803 g/mol. The van der Waals surface area contributed by atoms with Crippen LogP contribution in [0.2, 0.25) is 5.02 Å². The Balaban J connectivity index is 1.55. The van der Waals surface area contributed by atoms with Crippen molar-refractivity contribution < 1.29 is 25.9 Å². The summed E-state index contributed by atoms with van der Waals surface area (Å²) in [6.07, 6.45) is 0. The Morgan fingerprint density at radius 2 is 0.909 bits per heavy atom. The van der Waals surface area contributed by atoms with Crippen LogP contribution in [-0.2, 0) is 33.3 Å². The first kappa shape index (κ1) is 41.8. The third-order valence-electron chi connectivity index (χ3n) is 10.2. The molecule has 0 fully saturated rings. The van der Waals surface area contributed by atoms with Crippen LogP contribution in [0.4, 0.5) is 17.1 Å². The van der Waals surface area contributed by atoms with E-state index in [1.807, 2.05) is 32.0 Å². The Hall–Kier alpha value is -4.39. The summed E-state index contributed by atoms with van der Waals surface area (Å²) in [5, 5.41) is 0.671. The molecule has 0 aliphatic heterocycles. The summed E-state index contributed by atoms with van der Waals surface area (Å²) in [5.74, 6) is -0.204. The fraction of sp³-hybridized carbons (Fsp3) is 0.302. The van der Waals surface area contributed by atoms with Gasteiger partial charge in [-0.05, 0) is 141 Å². The molecule has 5 aromatic carbocycles. The van der Waals surface area contributed by atoms with Crippen LogP contribution in [0.5, 0.6) is 0 Å². The van der Waals surface area contributed by atoms with Gasteiger partial charge in [-0.25, -0.2) is 0 Å². The van der Waals surface area contributed by atoms with Crippen molar-refractivity contribution in [1.29, 1.82) is 0 Å². The van der Waals surface area contributed by atoms with Crippen LogP contribution in [0.3, 0.4) is 0 Å². The Morgan fingerprint density at radius 1 is 0.527 bits per heavy atom. The number of rotatable bonds is 16. The number of anilines is 3. The highest BCUT2D eigenvalue weighted by molar-refractivity contribution is 7.86. The average molecular weight is 804 g/mol. The second-order valence-electron chi connectivity index (χ2n) is 13.7. The zero-order valence-electron chi connectivity index (χ0n) is 32.2. The molecule has 0 bridgehead atoms. The second kappa shape index (κ2) is 17.6. The lowest BCUT2D eigenvalue weighted by atomic mass is 9.81. The van der Waals surface area contributed by atoms with Crippen molar-refractivity contribution in [2.45, 2.75) is 70.3 Å². The minimum absolute atomic E-state index is 0.130. The normalized spacial score (nSPS) is 11.9. The van der Waals surface area contributed by atoms with Crippen molar-refractivity contribution in [2.75, 3.05) is 40.9 Å². The number of benzene rings is 5. The maximum absolute atomic E-state index is 11.8. The van der Waals surface area contributed by atoms with E-state index >= 15 is 0 Å². The summed E-state index contributed by atoms with van der Waals surface area (Å²) in [6, 6.07) is 31.8. The summed E-state index contributed by atoms with van der Waals surface area (Å²) in [4.78, 5) is 6.32. The number of hydrogen-bond donors (Lipinski definition) is 2. The molecule has 0 unspecified atom stereocenters.